The number of benzene rings is 2. The highest BCUT2D eigenvalue weighted by Crippen LogP contribution is 2.28. The van der Waals surface area contributed by atoms with E-state index in [0.717, 1.165) is 5.69 Å². The summed E-state index contributed by atoms with van der Waals surface area (Å²) in [4.78, 5) is 8.54. The summed E-state index contributed by atoms with van der Waals surface area (Å²) in [6, 6.07) is 11.6. The second kappa shape index (κ2) is 6.73. The Bertz CT molecular complexity index is 1110. The molecule has 0 fully saturated rings. The summed E-state index contributed by atoms with van der Waals surface area (Å²) in [5, 5.41) is 21.0. The molecule has 0 radical (unpaired) electrons. The maximum absolute atomic E-state index is 14.3. The van der Waals surface area contributed by atoms with Crippen molar-refractivity contribution >= 4 is 22.5 Å². The van der Waals surface area contributed by atoms with Crippen molar-refractivity contribution < 1.29 is 13.9 Å². The van der Waals surface area contributed by atoms with Crippen LogP contribution >= 0.6 is 0 Å². The van der Waals surface area contributed by atoms with Gasteiger partial charge in [-0.2, -0.15) is 5.10 Å². The smallest absolute Gasteiger partial charge is 0.164 e. The van der Waals surface area contributed by atoms with E-state index in [1.165, 1.54) is 30.3 Å². The van der Waals surface area contributed by atoms with Crippen LogP contribution in [0.5, 0.6) is 0 Å². The molecule has 136 valence electrons. The van der Waals surface area contributed by atoms with Gasteiger partial charge in [0, 0.05) is 17.1 Å². The van der Waals surface area contributed by atoms with Gasteiger partial charge in [0.1, 0.15) is 29.1 Å². The zero-order chi connectivity index (χ0) is 19.0. The van der Waals surface area contributed by atoms with Gasteiger partial charge in [0.15, 0.2) is 11.6 Å². The predicted molar refractivity (Wildman–Crippen MR) is 96.6 cm³/mol. The quantitative estimate of drug-likeness (QED) is 0.511. The Balaban J connectivity index is 1.83. The van der Waals surface area contributed by atoms with Crippen LogP contribution in [0, 0.1) is 18.6 Å². The first-order valence-electron chi connectivity index (χ1n) is 8.20. The molecule has 8 heteroatoms. The van der Waals surface area contributed by atoms with Crippen LogP contribution in [0.15, 0.2) is 48.5 Å². The summed E-state index contributed by atoms with van der Waals surface area (Å²) >= 11 is 0. The molecule has 0 saturated carbocycles. The molecule has 0 spiro atoms. The maximum Gasteiger partial charge on any atom is 0.164 e. The van der Waals surface area contributed by atoms with E-state index in [-0.39, 0.29) is 11.3 Å². The number of aromatic amines is 1. The molecule has 0 saturated heterocycles. The van der Waals surface area contributed by atoms with Crippen LogP contribution in [0.2, 0.25) is 0 Å². The Hall–Kier alpha value is -3.39. The van der Waals surface area contributed by atoms with Crippen molar-refractivity contribution in [3.05, 3.63) is 77.2 Å². The average molecular weight is 367 g/mol. The van der Waals surface area contributed by atoms with Gasteiger partial charge in [0.2, 0.25) is 0 Å². The second-order valence-corrected chi connectivity index (χ2v) is 6.08. The van der Waals surface area contributed by atoms with Crippen molar-refractivity contribution in [3.63, 3.8) is 0 Å². The predicted octanol–water partition coefficient (Wildman–Crippen LogP) is 3.76. The average Bonchev–Trinajstić information content (AvgIpc) is 3.07. The third kappa shape index (κ3) is 3.34. The number of H-pyrrole nitrogens is 1. The number of nitrogens with one attached hydrogen (secondary N) is 2. The SMILES string of the molecule is Cc1cc(Nc2nc(C(O)c3ccc(F)cc3)nc3c(F)cccc23)n[nH]1. The molecule has 6 nitrogen and oxygen atoms in total. The maximum atomic E-state index is 14.3. The van der Waals surface area contributed by atoms with Crippen molar-refractivity contribution in [1.82, 2.24) is 20.2 Å². The second-order valence-electron chi connectivity index (χ2n) is 6.08. The zero-order valence-electron chi connectivity index (χ0n) is 14.2. The number of rotatable bonds is 4. The summed E-state index contributed by atoms with van der Waals surface area (Å²) in [6.45, 7) is 1.85. The lowest BCUT2D eigenvalue weighted by atomic mass is 10.1. The van der Waals surface area contributed by atoms with Crippen LogP contribution in [0.3, 0.4) is 0 Å². The summed E-state index contributed by atoms with van der Waals surface area (Å²) in [7, 11) is 0. The first kappa shape index (κ1) is 17.0. The molecule has 0 bridgehead atoms. The normalized spacial score (nSPS) is 12.3. The highest BCUT2D eigenvalue weighted by atomic mass is 19.1. The Kier molecular flexibility index (Phi) is 4.25. The van der Waals surface area contributed by atoms with Crippen LogP contribution in [0.4, 0.5) is 20.4 Å². The summed E-state index contributed by atoms with van der Waals surface area (Å²) in [5.41, 5.74) is 1.31. The monoisotopic (exact) mass is 367 g/mol. The van der Waals surface area contributed by atoms with Gasteiger partial charge in [0.05, 0.1) is 0 Å². The number of para-hydroxylation sites is 1. The fourth-order valence-electron chi connectivity index (χ4n) is 2.75. The Labute approximate surface area is 152 Å². The van der Waals surface area contributed by atoms with Gasteiger partial charge < -0.3 is 10.4 Å². The van der Waals surface area contributed by atoms with Crippen LogP contribution < -0.4 is 5.32 Å². The molecule has 3 N–H and O–H groups in total. The van der Waals surface area contributed by atoms with Crippen LogP contribution in [-0.4, -0.2) is 25.3 Å². The van der Waals surface area contributed by atoms with Gasteiger partial charge in [-0.15, -0.1) is 0 Å². The number of hydrogen-bond donors (Lipinski definition) is 3. The molecule has 2 aromatic heterocycles. The van der Waals surface area contributed by atoms with Crippen LogP contribution in [0.25, 0.3) is 10.9 Å². The van der Waals surface area contributed by atoms with E-state index >= 15 is 0 Å². The van der Waals surface area contributed by atoms with Crippen LogP contribution in [0.1, 0.15) is 23.2 Å². The lowest BCUT2D eigenvalue weighted by Crippen LogP contribution is -2.09. The highest BCUT2D eigenvalue weighted by molar-refractivity contribution is 5.90. The van der Waals surface area contributed by atoms with Gasteiger partial charge in [-0.1, -0.05) is 18.2 Å². The lowest BCUT2D eigenvalue weighted by Gasteiger charge is -2.14. The Morgan fingerprint density at radius 1 is 1.07 bits per heavy atom. The van der Waals surface area contributed by atoms with E-state index in [9.17, 15) is 13.9 Å². The van der Waals surface area contributed by atoms with Crippen molar-refractivity contribution in [2.24, 2.45) is 0 Å². The fraction of sp³-hybridized carbons (Fsp3) is 0.105. The molecule has 1 atom stereocenters. The topological polar surface area (TPSA) is 86.7 Å². The van der Waals surface area contributed by atoms with E-state index in [1.54, 1.807) is 18.2 Å². The molecule has 4 rings (SSSR count). The van der Waals surface area contributed by atoms with E-state index in [4.69, 9.17) is 0 Å². The van der Waals surface area contributed by atoms with Gasteiger partial charge in [0.25, 0.3) is 0 Å². The van der Waals surface area contributed by atoms with E-state index in [1.807, 2.05) is 6.92 Å². The van der Waals surface area contributed by atoms with Gasteiger partial charge in [-0.25, -0.2) is 18.7 Å². The van der Waals surface area contributed by atoms with Crippen molar-refractivity contribution in [2.45, 2.75) is 13.0 Å². The number of anilines is 2. The number of aryl methyl sites for hydroxylation is 1. The number of aromatic nitrogens is 4. The molecular weight excluding hydrogens is 352 g/mol. The highest BCUT2D eigenvalue weighted by Gasteiger charge is 2.19. The molecule has 0 aliphatic carbocycles. The Morgan fingerprint density at radius 2 is 1.85 bits per heavy atom. The van der Waals surface area contributed by atoms with Gasteiger partial charge in [-0.05, 0) is 36.8 Å². The van der Waals surface area contributed by atoms with Gasteiger partial charge in [-0.3, -0.25) is 5.10 Å². The number of fused-ring (bicyclic) bond motifs is 1. The number of nitrogens with zero attached hydrogens (tertiary/aromatic N) is 3. The molecule has 2 aromatic carbocycles. The van der Waals surface area contributed by atoms with Gasteiger partial charge >= 0.3 is 0 Å². The molecular formula is C19H15F2N5O. The van der Waals surface area contributed by atoms with Crippen LogP contribution in [-0.2, 0) is 0 Å². The number of aliphatic hydroxyl groups excluding tert-OH is 1. The van der Waals surface area contributed by atoms with E-state index < -0.39 is 17.7 Å². The van der Waals surface area contributed by atoms with Crippen molar-refractivity contribution in [2.75, 3.05) is 5.32 Å². The van der Waals surface area contributed by atoms with E-state index in [2.05, 4.69) is 25.5 Å². The molecule has 0 aliphatic rings. The standard InChI is InChI=1S/C19H15F2N5O/c1-10-9-15(26-25-10)22-18-13-3-2-4-14(21)16(13)23-19(24-18)17(27)11-5-7-12(20)8-6-11/h2-9,17,27H,1H3,(H2,22,23,24,25,26). The number of halogens is 2. The minimum absolute atomic E-state index is 0.00559. The van der Waals surface area contributed by atoms with Crippen molar-refractivity contribution in [3.8, 4) is 0 Å². The molecule has 0 aliphatic heterocycles. The number of hydrogen-bond acceptors (Lipinski definition) is 5. The third-order valence-corrected chi connectivity index (χ3v) is 4.08. The largest absolute Gasteiger partial charge is 0.380 e. The minimum atomic E-state index is -1.24. The first-order chi connectivity index (χ1) is 13.0. The molecule has 2 heterocycles. The summed E-state index contributed by atoms with van der Waals surface area (Å²) in [5.74, 6) is -0.161. The molecule has 1 unspecified atom stereocenters. The summed E-state index contributed by atoms with van der Waals surface area (Å²) in [6.07, 6.45) is -1.24. The summed E-state index contributed by atoms with van der Waals surface area (Å²) < 4.78 is 27.5. The zero-order valence-corrected chi connectivity index (χ0v) is 14.2. The number of aliphatic hydroxyl groups is 1. The minimum Gasteiger partial charge on any atom is -0.380 e. The molecule has 4 aromatic rings. The molecule has 27 heavy (non-hydrogen) atoms. The fourth-order valence-corrected chi connectivity index (χ4v) is 2.75. The lowest BCUT2D eigenvalue weighted by molar-refractivity contribution is 0.210. The first-order valence-corrected chi connectivity index (χ1v) is 8.20. The molecule has 0 amide bonds. The van der Waals surface area contributed by atoms with E-state index in [0.29, 0.717) is 22.6 Å². The van der Waals surface area contributed by atoms with Crippen molar-refractivity contribution in [1.29, 1.82) is 0 Å². The third-order valence-electron chi connectivity index (χ3n) is 4.08. The Morgan fingerprint density at radius 3 is 2.56 bits per heavy atom.